The summed E-state index contributed by atoms with van der Waals surface area (Å²) in [5.41, 5.74) is 1.11. The number of hydrogen-bond donors (Lipinski definition) is 2. The lowest BCUT2D eigenvalue weighted by molar-refractivity contribution is 0.105. The van der Waals surface area contributed by atoms with Crippen LogP contribution in [0, 0.1) is 5.41 Å². The molecule has 1 aliphatic carbocycles. The van der Waals surface area contributed by atoms with Crippen LogP contribution in [0.15, 0.2) is 33.8 Å². The van der Waals surface area contributed by atoms with Crippen molar-refractivity contribution in [2.24, 2.45) is 10.4 Å². The van der Waals surface area contributed by atoms with Gasteiger partial charge < -0.3 is 19.9 Å². The molecule has 30 heavy (non-hydrogen) atoms. The fraction of sp³-hybridized carbons (Fsp3) is 0.591. The topological polar surface area (TPSA) is 84.6 Å². The van der Waals surface area contributed by atoms with Crippen molar-refractivity contribution in [2.75, 3.05) is 26.3 Å². The van der Waals surface area contributed by atoms with E-state index in [-0.39, 0.29) is 5.41 Å². The van der Waals surface area contributed by atoms with Crippen LogP contribution in [0.25, 0.3) is 11.4 Å². The van der Waals surface area contributed by atoms with Crippen LogP contribution in [0.5, 0.6) is 0 Å². The molecule has 1 aliphatic rings. The average molecular weight is 434 g/mol. The van der Waals surface area contributed by atoms with E-state index in [2.05, 4.69) is 32.7 Å². The monoisotopic (exact) mass is 433 g/mol. The Labute approximate surface area is 183 Å². The molecule has 1 fully saturated rings. The van der Waals surface area contributed by atoms with Crippen LogP contribution in [-0.4, -0.2) is 42.4 Å². The molecular formula is C22H32ClN5O2. The zero-order valence-corrected chi connectivity index (χ0v) is 18.7. The van der Waals surface area contributed by atoms with Crippen molar-refractivity contribution in [3.63, 3.8) is 0 Å². The zero-order valence-electron chi connectivity index (χ0n) is 17.9. The molecule has 0 atom stereocenters. The number of nitrogens with zero attached hydrogens (tertiary/aromatic N) is 3. The third kappa shape index (κ3) is 6.44. The third-order valence-electron chi connectivity index (χ3n) is 5.54. The van der Waals surface area contributed by atoms with E-state index in [4.69, 9.17) is 20.9 Å². The summed E-state index contributed by atoms with van der Waals surface area (Å²) in [4.78, 5) is 9.08. The van der Waals surface area contributed by atoms with E-state index in [1.807, 2.05) is 31.2 Å². The molecule has 8 heteroatoms. The molecule has 3 rings (SSSR count). The first kappa shape index (κ1) is 22.6. The second-order valence-corrected chi connectivity index (χ2v) is 8.16. The van der Waals surface area contributed by atoms with E-state index in [1.54, 1.807) is 0 Å². The van der Waals surface area contributed by atoms with Crippen LogP contribution in [0.1, 0.15) is 51.8 Å². The van der Waals surface area contributed by atoms with Crippen molar-refractivity contribution in [1.82, 2.24) is 20.8 Å². The van der Waals surface area contributed by atoms with Crippen LogP contribution in [0.4, 0.5) is 0 Å². The number of guanidine groups is 1. The predicted molar refractivity (Wildman–Crippen MR) is 120 cm³/mol. The maximum absolute atomic E-state index is 6.05. The molecule has 2 aromatic rings. The molecule has 2 N–H and O–H groups in total. The van der Waals surface area contributed by atoms with Gasteiger partial charge in [0.05, 0.1) is 0 Å². The summed E-state index contributed by atoms with van der Waals surface area (Å²) in [7, 11) is 0. The number of rotatable bonds is 10. The number of halogens is 1. The molecule has 7 nitrogen and oxygen atoms in total. The van der Waals surface area contributed by atoms with Gasteiger partial charge in [0.15, 0.2) is 5.96 Å². The van der Waals surface area contributed by atoms with Gasteiger partial charge in [0, 0.05) is 36.9 Å². The molecule has 1 saturated carbocycles. The van der Waals surface area contributed by atoms with E-state index in [0.717, 1.165) is 44.2 Å². The summed E-state index contributed by atoms with van der Waals surface area (Å²) in [6.45, 7) is 7.69. The van der Waals surface area contributed by atoms with Crippen LogP contribution < -0.4 is 10.6 Å². The van der Waals surface area contributed by atoms with Gasteiger partial charge in [0.1, 0.15) is 6.54 Å². The number of hydrogen-bond acceptors (Lipinski definition) is 5. The van der Waals surface area contributed by atoms with Crippen molar-refractivity contribution in [3.05, 3.63) is 35.2 Å². The zero-order chi connectivity index (χ0) is 21.2. The first-order valence-corrected chi connectivity index (χ1v) is 11.2. The van der Waals surface area contributed by atoms with Crippen molar-refractivity contribution in [1.29, 1.82) is 0 Å². The minimum atomic E-state index is 0.287. The predicted octanol–water partition coefficient (Wildman–Crippen LogP) is 4.43. The van der Waals surface area contributed by atoms with Crippen LogP contribution >= 0.6 is 11.6 Å². The smallest absolute Gasteiger partial charge is 0.248 e. The molecule has 1 aromatic carbocycles. The maximum atomic E-state index is 6.05. The summed E-state index contributed by atoms with van der Waals surface area (Å²) in [5, 5.41) is 11.5. The second-order valence-electron chi connectivity index (χ2n) is 7.72. The number of benzene rings is 1. The first-order valence-electron chi connectivity index (χ1n) is 10.8. The number of nitrogens with one attached hydrogen (secondary N) is 2. The fourth-order valence-corrected chi connectivity index (χ4v) is 4.09. The molecule has 0 saturated heterocycles. The van der Waals surface area contributed by atoms with Crippen molar-refractivity contribution >= 4 is 17.6 Å². The normalized spacial score (nSPS) is 16.0. The van der Waals surface area contributed by atoms with E-state index >= 15 is 0 Å². The highest BCUT2D eigenvalue weighted by Crippen LogP contribution is 2.40. The highest BCUT2D eigenvalue weighted by atomic mass is 35.5. The van der Waals surface area contributed by atoms with Gasteiger partial charge in [-0.15, -0.1) is 0 Å². The van der Waals surface area contributed by atoms with Crippen LogP contribution in [-0.2, 0) is 11.3 Å². The van der Waals surface area contributed by atoms with Crippen molar-refractivity contribution in [3.8, 4) is 11.4 Å². The second kappa shape index (κ2) is 11.3. The molecule has 164 valence electrons. The molecule has 0 aliphatic heterocycles. The van der Waals surface area contributed by atoms with Crippen molar-refractivity contribution in [2.45, 2.75) is 52.5 Å². The number of aliphatic imine (C=N–C) groups is 1. The number of aromatic nitrogens is 2. The minimum absolute atomic E-state index is 0.287. The Balaban J connectivity index is 1.60. The summed E-state index contributed by atoms with van der Waals surface area (Å²) >= 11 is 6.05. The standard InChI is InChI=1S/C22H32ClN5O2/c1-3-24-21(26-16-22(10-5-6-11-22)12-13-29-4-2)25-15-19-27-20(28-30-19)17-8-7-9-18(23)14-17/h7-9,14H,3-6,10-13,15-16H2,1-2H3,(H2,24,25,26). The molecule has 1 heterocycles. The molecule has 0 spiro atoms. The van der Waals surface area contributed by atoms with Gasteiger partial charge in [-0.2, -0.15) is 4.98 Å². The summed E-state index contributed by atoms with van der Waals surface area (Å²) < 4.78 is 11.0. The molecule has 0 bridgehead atoms. The Morgan fingerprint density at radius 1 is 1.27 bits per heavy atom. The Kier molecular flexibility index (Phi) is 8.51. The molecule has 0 unspecified atom stereocenters. The maximum Gasteiger partial charge on any atom is 0.248 e. The summed E-state index contributed by atoms with van der Waals surface area (Å²) in [5.74, 6) is 1.75. The van der Waals surface area contributed by atoms with E-state index in [0.29, 0.717) is 23.3 Å². The van der Waals surface area contributed by atoms with Gasteiger partial charge in [-0.25, -0.2) is 4.99 Å². The lowest BCUT2D eigenvalue weighted by atomic mass is 9.83. The van der Waals surface area contributed by atoms with Crippen molar-refractivity contribution < 1.29 is 9.26 Å². The Morgan fingerprint density at radius 2 is 2.10 bits per heavy atom. The molecular weight excluding hydrogens is 402 g/mol. The van der Waals surface area contributed by atoms with E-state index in [1.165, 1.54) is 25.7 Å². The molecule has 0 amide bonds. The first-order chi connectivity index (χ1) is 14.6. The lowest BCUT2D eigenvalue weighted by Crippen LogP contribution is -2.43. The summed E-state index contributed by atoms with van der Waals surface area (Å²) in [6, 6.07) is 7.40. The molecule has 0 radical (unpaired) electrons. The number of ether oxygens (including phenoxy) is 1. The van der Waals surface area contributed by atoms with Gasteiger partial charge in [-0.05, 0) is 50.7 Å². The fourth-order valence-electron chi connectivity index (χ4n) is 3.90. The van der Waals surface area contributed by atoms with Crippen LogP contribution in [0.3, 0.4) is 0 Å². The Bertz CT molecular complexity index is 817. The highest BCUT2D eigenvalue weighted by Gasteiger charge is 2.33. The highest BCUT2D eigenvalue weighted by molar-refractivity contribution is 6.30. The van der Waals surface area contributed by atoms with Gasteiger partial charge in [-0.3, -0.25) is 0 Å². The Morgan fingerprint density at radius 3 is 2.83 bits per heavy atom. The van der Waals surface area contributed by atoms with Gasteiger partial charge in [0.2, 0.25) is 11.7 Å². The third-order valence-corrected chi connectivity index (χ3v) is 5.78. The lowest BCUT2D eigenvalue weighted by Gasteiger charge is -2.30. The summed E-state index contributed by atoms with van der Waals surface area (Å²) in [6.07, 6.45) is 6.13. The van der Waals surface area contributed by atoms with E-state index in [9.17, 15) is 0 Å². The van der Waals surface area contributed by atoms with Gasteiger partial charge in [0.25, 0.3) is 0 Å². The van der Waals surface area contributed by atoms with Crippen LogP contribution in [0.2, 0.25) is 5.02 Å². The quantitative estimate of drug-likeness (QED) is 0.327. The average Bonchev–Trinajstić information content (AvgIpc) is 3.41. The van der Waals surface area contributed by atoms with E-state index < -0.39 is 0 Å². The molecule has 1 aromatic heterocycles. The van der Waals surface area contributed by atoms with Gasteiger partial charge >= 0.3 is 0 Å². The Hall–Kier alpha value is -2.12. The van der Waals surface area contributed by atoms with Gasteiger partial charge in [-0.1, -0.05) is 41.7 Å². The minimum Gasteiger partial charge on any atom is -0.382 e. The largest absolute Gasteiger partial charge is 0.382 e. The SMILES string of the molecule is CCNC(=NCc1nc(-c2cccc(Cl)c2)no1)NCC1(CCOCC)CCCC1.